The molecule has 0 bridgehead atoms. The number of ether oxygens (including phenoxy) is 1. The molecule has 0 spiro atoms. The number of aromatic nitrogens is 3. The molecule has 0 aliphatic rings. The highest BCUT2D eigenvalue weighted by molar-refractivity contribution is 5.80. The number of hydrogen-bond donors (Lipinski definition) is 1. The first-order valence-electron chi connectivity index (χ1n) is 7.96. The van der Waals surface area contributed by atoms with Gasteiger partial charge in [-0.15, -0.1) is 0 Å². The summed E-state index contributed by atoms with van der Waals surface area (Å²) < 4.78 is 13.4. The van der Waals surface area contributed by atoms with Crippen molar-refractivity contribution in [2.24, 2.45) is 7.05 Å². The van der Waals surface area contributed by atoms with E-state index < -0.39 is 0 Å². The highest BCUT2D eigenvalue weighted by Gasteiger charge is 2.12. The highest BCUT2D eigenvalue weighted by Crippen LogP contribution is 2.26. The molecule has 0 saturated carbocycles. The van der Waals surface area contributed by atoms with Gasteiger partial charge in [0.25, 0.3) is 0 Å². The molecular weight excluding hydrogens is 304 g/mol. The minimum Gasteiger partial charge on any atom is -0.493 e. The van der Waals surface area contributed by atoms with Crippen molar-refractivity contribution in [3.63, 3.8) is 0 Å². The lowest BCUT2D eigenvalue weighted by Crippen LogP contribution is -1.98. The van der Waals surface area contributed by atoms with Crippen molar-refractivity contribution in [2.75, 3.05) is 11.9 Å². The number of aryl methyl sites for hydroxylation is 1. The fourth-order valence-corrected chi connectivity index (χ4v) is 2.62. The molecule has 0 atom stereocenters. The molecule has 24 heavy (non-hydrogen) atoms. The van der Waals surface area contributed by atoms with Gasteiger partial charge in [0.1, 0.15) is 11.3 Å². The van der Waals surface area contributed by atoms with Gasteiger partial charge in [0.15, 0.2) is 5.58 Å². The number of fused-ring (bicyclic) bond motifs is 2. The highest BCUT2D eigenvalue weighted by atomic mass is 16.5. The third-order valence-corrected chi connectivity index (χ3v) is 3.84. The van der Waals surface area contributed by atoms with Crippen LogP contribution < -0.4 is 10.1 Å². The molecule has 0 unspecified atom stereocenters. The van der Waals surface area contributed by atoms with E-state index in [-0.39, 0.29) is 0 Å². The molecule has 4 rings (SSSR count). The van der Waals surface area contributed by atoms with Gasteiger partial charge in [-0.05, 0) is 30.7 Å². The maximum Gasteiger partial charge on any atom is 0.302 e. The first-order chi connectivity index (χ1) is 11.7. The van der Waals surface area contributed by atoms with E-state index in [1.807, 2.05) is 54.1 Å². The monoisotopic (exact) mass is 322 g/mol. The number of nitrogens with one attached hydrogen (secondary N) is 1. The van der Waals surface area contributed by atoms with Crippen molar-refractivity contribution in [1.29, 1.82) is 0 Å². The van der Waals surface area contributed by atoms with Crippen LogP contribution >= 0.6 is 0 Å². The van der Waals surface area contributed by atoms with Gasteiger partial charge >= 0.3 is 6.01 Å². The van der Waals surface area contributed by atoms with Crippen molar-refractivity contribution < 1.29 is 9.15 Å². The summed E-state index contributed by atoms with van der Waals surface area (Å²) >= 11 is 0. The molecule has 1 N–H and O–H groups in total. The standard InChI is InChI=1S/C18H18N4O2/c1-3-10-23-12-8-9-14-16(11-12)24-18(20-14)21-17-19-13-6-4-5-7-15(13)22(17)2/h4-9,11H,3,10H2,1-2H3,(H,19,20,21). The lowest BCUT2D eigenvalue weighted by Gasteiger charge is -2.02. The van der Waals surface area contributed by atoms with Crippen LogP contribution in [0.15, 0.2) is 46.9 Å². The van der Waals surface area contributed by atoms with Gasteiger partial charge in [-0.3, -0.25) is 5.32 Å². The van der Waals surface area contributed by atoms with Gasteiger partial charge in [-0.1, -0.05) is 19.1 Å². The second-order valence-corrected chi connectivity index (χ2v) is 5.61. The van der Waals surface area contributed by atoms with E-state index in [1.54, 1.807) is 0 Å². The Balaban J connectivity index is 1.64. The van der Waals surface area contributed by atoms with Crippen LogP contribution in [0.4, 0.5) is 12.0 Å². The fourth-order valence-electron chi connectivity index (χ4n) is 2.62. The van der Waals surface area contributed by atoms with Crippen molar-refractivity contribution in [3.05, 3.63) is 42.5 Å². The van der Waals surface area contributed by atoms with Crippen LogP contribution in [-0.2, 0) is 7.05 Å². The van der Waals surface area contributed by atoms with Gasteiger partial charge < -0.3 is 13.7 Å². The first kappa shape index (κ1) is 14.6. The second kappa shape index (κ2) is 5.88. The van der Waals surface area contributed by atoms with Crippen molar-refractivity contribution >= 4 is 34.1 Å². The Morgan fingerprint density at radius 1 is 1.12 bits per heavy atom. The average Bonchev–Trinajstić information content (AvgIpc) is 3.14. The number of benzene rings is 2. The topological polar surface area (TPSA) is 65.1 Å². The Morgan fingerprint density at radius 3 is 2.83 bits per heavy atom. The Kier molecular flexibility index (Phi) is 3.57. The Hall–Kier alpha value is -3.02. The third kappa shape index (κ3) is 2.56. The molecule has 6 heteroatoms. The van der Waals surface area contributed by atoms with E-state index >= 15 is 0 Å². The maximum atomic E-state index is 5.79. The smallest absolute Gasteiger partial charge is 0.302 e. The summed E-state index contributed by atoms with van der Waals surface area (Å²) in [7, 11) is 1.96. The minimum atomic E-state index is 0.413. The van der Waals surface area contributed by atoms with Crippen LogP contribution in [-0.4, -0.2) is 21.1 Å². The number of imidazole rings is 1. The van der Waals surface area contributed by atoms with Crippen molar-refractivity contribution in [3.8, 4) is 5.75 Å². The quantitative estimate of drug-likeness (QED) is 0.595. The summed E-state index contributed by atoms with van der Waals surface area (Å²) in [5.41, 5.74) is 3.44. The Morgan fingerprint density at radius 2 is 2.00 bits per heavy atom. The average molecular weight is 322 g/mol. The van der Waals surface area contributed by atoms with Gasteiger partial charge in [-0.2, -0.15) is 4.98 Å². The molecule has 0 radical (unpaired) electrons. The summed E-state index contributed by atoms with van der Waals surface area (Å²) in [4.78, 5) is 9.02. The van der Waals surface area contributed by atoms with Crippen LogP contribution in [0.25, 0.3) is 22.1 Å². The molecular formula is C18H18N4O2. The molecule has 0 saturated heterocycles. The molecule has 2 aromatic heterocycles. The lowest BCUT2D eigenvalue weighted by atomic mass is 10.3. The van der Waals surface area contributed by atoms with E-state index in [0.29, 0.717) is 24.2 Å². The number of hydrogen-bond acceptors (Lipinski definition) is 5. The lowest BCUT2D eigenvalue weighted by molar-refractivity contribution is 0.317. The molecule has 122 valence electrons. The summed E-state index contributed by atoms with van der Waals surface area (Å²) in [6.07, 6.45) is 0.966. The molecule has 2 heterocycles. The van der Waals surface area contributed by atoms with E-state index in [2.05, 4.69) is 22.2 Å². The number of nitrogens with zero attached hydrogens (tertiary/aromatic N) is 3. The van der Waals surface area contributed by atoms with Crippen LogP contribution in [0.3, 0.4) is 0 Å². The molecule has 0 fully saturated rings. The summed E-state index contributed by atoms with van der Waals surface area (Å²) in [5.74, 6) is 1.47. The van der Waals surface area contributed by atoms with Gasteiger partial charge in [0.05, 0.1) is 17.6 Å². The molecule has 0 amide bonds. The molecule has 4 aromatic rings. The Labute approximate surface area is 139 Å². The van der Waals surface area contributed by atoms with Gasteiger partial charge in [0, 0.05) is 13.1 Å². The predicted molar refractivity (Wildman–Crippen MR) is 93.8 cm³/mol. The number of rotatable bonds is 5. The number of anilines is 2. The minimum absolute atomic E-state index is 0.413. The zero-order valence-electron chi connectivity index (χ0n) is 13.6. The van der Waals surface area contributed by atoms with Crippen molar-refractivity contribution in [2.45, 2.75) is 13.3 Å². The van der Waals surface area contributed by atoms with Crippen LogP contribution in [0.5, 0.6) is 5.75 Å². The normalized spacial score (nSPS) is 11.2. The molecule has 2 aromatic carbocycles. The second-order valence-electron chi connectivity index (χ2n) is 5.61. The number of para-hydroxylation sites is 2. The van der Waals surface area contributed by atoms with Crippen molar-refractivity contribution in [1.82, 2.24) is 14.5 Å². The molecule has 0 aliphatic heterocycles. The van der Waals surface area contributed by atoms with Crippen LogP contribution in [0, 0.1) is 0 Å². The van der Waals surface area contributed by atoms with Gasteiger partial charge in [0.2, 0.25) is 5.95 Å². The fraction of sp³-hybridized carbons (Fsp3) is 0.222. The summed E-state index contributed by atoms with van der Waals surface area (Å²) in [5, 5.41) is 3.15. The van der Waals surface area contributed by atoms with E-state index in [0.717, 1.165) is 28.7 Å². The van der Waals surface area contributed by atoms with Gasteiger partial charge in [-0.25, -0.2) is 4.98 Å². The van der Waals surface area contributed by atoms with E-state index in [1.165, 1.54) is 0 Å². The van der Waals surface area contributed by atoms with E-state index in [9.17, 15) is 0 Å². The summed E-state index contributed by atoms with van der Waals surface area (Å²) in [6.45, 7) is 2.76. The van der Waals surface area contributed by atoms with E-state index in [4.69, 9.17) is 9.15 Å². The van der Waals surface area contributed by atoms with Crippen LogP contribution in [0.1, 0.15) is 13.3 Å². The molecule has 0 aliphatic carbocycles. The third-order valence-electron chi connectivity index (χ3n) is 3.84. The SMILES string of the molecule is CCCOc1ccc2nc(Nc3nc4ccccc4n3C)oc2c1. The Bertz CT molecular complexity index is 1000. The number of oxazole rings is 1. The zero-order valence-corrected chi connectivity index (χ0v) is 13.6. The van der Waals surface area contributed by atoms with Crippen LogP contribution in [0.2, 0.25) is 0 Å². The molecule has 6 nitrogen and oxygen atoms in total. The summed E-state index contributed by atoms with van der Waals surface area (Å²) in [6, 6.07) is 14.0. The zero-order chi connectivity index (χ0) is 16.5. The predicted octanol–water partition coefficient (Wildman–Crippen LogP) is 4.25. The largest absolute Gasteiger partial charge is 0.493 e. The first-order valence-corrected chi connectivity index (χ1v) is 7.96. The maximum absolute atomic E-state index is 5.79.